The second kappa shape index (κ2) is 9.91. The maximum atomic E-state index is 13.0. The SMILES string of the molecule is CN(Cc1ccc2c(c1)C(=O)CC1(CCN(CCc3ccccc3)CC1)O2)S(C)(=O)=O.Cl. The fraction of sp³-hybridized carbons (Fsp3) is 0.458. The average molecular weight is 479 g/mol. The topological polar surface area (TPSA) is 66.9 Å². The van der Waals surface area contributed by atoms with Crippen LogP contribution in [0.3, 0.4) is 0 Å². The summed E-state index contributed by atoms with van der Waals surface area (Å²) in [6.07, 6.45) is 4.27. The molecule has 0 unspecified atom stereocenters. The summed E-state index contributed by atoms with van der Waals surface area (Å²) in [5.74, 6) is 0.711. The monoisotopic (exact) mass is 478 g/mol. The van der Waals surface area contributed by atoms with Gasteiger partial charge in [-0.2, -0.15) is 0 Å². The number of hydrogen-bond acceptors (Lipinski definition) is 5. The lowest BCUT2D eigenvalue weighted by Crippen LogP contribution is -2.51. The van der Waals surface area contributed by atoms with E-state index in [2.05, 4.69) is 29.2 Å². The zero-order valence-corrected chi connectivity index (χ0v) is 20.3. The molecule has 0 radical (unpaired) electrons. The second-order valence-electron chi connectivity index (χ2n) is 8.81. The molecule has 0 bridgehead atoms. The molecular formula is C24H31ClN2O4S. The van der Waals surface area contributed by atoms with Gasteiger partial charge in [0.2, 0.25) is 10.0 Å². The highest BCUT2D eigenvalue weighted by molar-refractivity contribution is 7.88. The number of ketones is 1. The molecule has 0 aliphatic carbocycles. The number of halogens is 1. The Morgan fingerprint density at radius 1 is 1.06 bits per heavy atom. The number of carbonyl (C=O) groups is 1. The molecule has 0 saturated carbocycles. The van der Waals surface area contributed by atoms with Crippen molar-refractivity contribution in [3.8, 4) is 5.75 Å². The third-order valence-corrected chi connectivity index (χ3v) is 7.71. The molecule has 2 aromatic rings. The summed E-state index contributed by atoms with van der Waals surface area (Å²) in [5.41, 5.74) is 2.28. The first kappa shape index (κ1) is 24.7. The molecule has 0 atom stereocenters. The Labute approximate surface area is 197 Å². The lowest BCUT2D eigenvalue weighted by molar-refractivity contribution is -0.00869. The van der Waals surface area contributed by atoms with Gasteiger partial charge in [0.1, 0.15) is 11.4 Å². The molecule has 2 heterocycles. The van der Waals surface area contributed by atoms with Gasteiger partial charge in [-0.25, -0.2) is 12.7 Å². The number of nitrogens with zero attached hydrogens (tertiary/aromatic N) is 2. The summed E-state index contributed by atoms with van der Waals surface area (Å²) in [6, 6.07) is 16.0. The van der Waals surface area contributed by atoms with Crippen molar-refractivity contribution in [1.82, 2.24) is 9.21 Å². The first-order valence-corrected chi connectivity index (χ1v) is 12.6. The molecule has 6 nitrogen and oxygen atoms in total. The van der Waals surface area contributed by atoms with E-state index in [0.717, 1.165) is 44.5 Å². The molecule has 2 aromatic carbocycles. The zero-order valence-electron chi connectivity index (χ0n) is 18.6. The Bertz CT molecular complexity index is 1050. The Hall–Kier alpha value is -1.93. The van der Waals surface area contributed by atoms with Gasteiger partial charge in [0.15, 0.2) is 5.78 Å². The molecular weight excluding hydrogens is 448 g/mol. The number of rotatable bonds is 6. The molecule has 4 rings (SSSR count). The standard InChI is InChI=1S/C24H30N2O4S.ClH/c1-25(31(2,28)29)18-20-8-9-23-21(16-20)22(27)17-24(30-23)11-14-26(15-12-24)13-10-19-6-4-3-5-7-19;/h3-9,16H,10-15,17-18H2,1-2H3;1H. The van der Waals surface area contributed by atoms with Crippen LogP contribution in [0.5, 0.6) is 5.75 Å². The van der Waals surface area contributed by atoms with Crippen LogP contribution in [0.25, 0.3) is 0 Å². The number of benzene rings is 2. The van der Waals surface area contributed by atoms with Crippen LogP contribution in [-0.2, 0) is 23.0 Å². The van der Waals surface area contributed by atoms with E-state index in [9.17, 15) is 13.2 Å². The minimum Gasteiger partial charge on any atom is -0.486 e. The van der Waals surface area contributed by atoms with Gasteiger partial charge in [0.25, 0.3) is 0 Å². The third-order valence-electron chi connectivity index (χ3n) is 6.45. The Morgan fingerprint density at radius 3 is 2.41 bits per heavy atom. The van der Waals surface area contributed by atoms with Crippen LogP contribution in [-0.4, -0.2) is 61.9 Å². The largest absolute Gasteiger partial charge is 0.486 e. The molecule has 2 aliphatic rings. The van der Waals surface area contributed by atoms with Crippen molar-refractivity contribution in [3.63, 3.8) is 0 Å². The van der Waals surface area contributed by atoms with Crippen LogP contribution in [0.15, 0.2) is 48.5 Å². The van der Waals surface area contributed by atoms with Crippen molar-refractivity contribution in [2.45, 2.75) is 37.8 Å². The zero-order chi connectivity index (χ0) is 22.1. The summed E-state index contributed by atoms with van der Waals surface area (Å²) >= 11 is 0. The average Bonchev–Trinajstić information content (AvgIpc) is 2.74. The van der Waals surface area contributed by atoms with E-state index in [1.54, 1.807) is 6.07 Å². The summed E-state index contributed by atoms with van der Waals surface area (Å²) in [4.78, 5) is 15.4. The number of sulfonamides is 1. The van der Waals surface area contributed by atoms with Gasteiger partial charge in [-0.3, -0.25) is 4.79 Å². The minimum absolute atomic E-state index is 0. The molecule has 174 valence electrons. The molecule has 32 heavy (non-hydrogen) atoms. The Balaban J connectivity index is 0.00000289. The molecule has 8 heteroatoms. The Morgan fingerprint density at radius 2 is 1.75 bits per heavy atom. The molecule has 1 saturated heterocycles. The fourth-order valence-electron chi connectivity index (χ4n) is 4.41. The number of carbonyl (C=O) groups excluding carboxylic acids is 1. The van der Waals surface area contributed by atoms with Crippen molar-refractivity contribution in [3.05, 3.63) is 65.2 Å². The number of Topliss-reactive ketones (excluding diaryl/α,β-unsaturated/α-hetero) is 1. The van der Waals surface area contributed by atoms with E-state index in [1.807, 2.05) is 18.2 Å². The molecule has 2 aliphatic heterocycles. The molecule has 0 aromatic heterocycles. The van der Waals surface area contributed by atoms with Crippen LogP contribution in [0.2, 0.25) is 0 Å². The number of likely N-dealkylation sites (tertiary alicyclic amines) is 1. The summed E-state index contributed by atoms with van der Waals surface area (Å²) in [6.45, 7) is 3.10. The predicted octanol–water partition coefficient (Wildman–Crippen LogP) is 3.54. The molecule has 1 spiro atoms. The molecule has 0 N–H and O–H groups in total. The van der Waals surface area contributed by atoms with Crippen LogP contribution in [0.4, 0.5) is 0 Å². The van der Waals surface area contributed by atoms with Gasteiger partial charge in [-0.1, -0.05) is 36.4 Å². The number of ether oxygens (including phenoxy) is 1. The predicted molar refractivity (Wildman–Crippen MR) is 128 cm³/mol. The van der Waals surface area contributed by atoms with E-state index in [1.165, 1.54) is 23.2 Å². The van der Waals surface area contributed by atoms with Crippen LogP contribution in [0, 0.1) is 0 Å². The first-order valence-electron chi connectivity index (χ1n) is 10.8. The number of fused-ring (bicyclic) bond motifs is 1. The first-order chi connectivity index (χ1) is 14.7. The minimum atomic E-state index is -3.27. The van der Waals surface area contributed by atoms with Gasteiger partial charge >= 0.3 is 0 Å². The summed E-state index contributed by atoms with van der Waals surface area (Å²) in [5, 5.41) is 0. The van der Waals surface area contributed by atoms with Gasteiger partial charge in [0.05, 0.1) is 18.2 Å². The van der Waals surface area contributed by atoms with Crippen LogP contribution < -0.4 is 4.74 Å². The summed E-state index contributed by atoms with van der Waals surface area (Å²) < 4.78 is 31.0. The maximum Gasteiger partial charge on any atom is 0.211 e. The van der Waals surface area contributed by atoms with E-state index in [0.29, 0.717) is 17.7 Å². The van der Waals surface area contributed by atoms with E-state index in [-0.39, 0.29) is 24.7 Å². The molecule has 0 amide bonds. The van der Waals surface area contributed by atoms with Crippen molar-refractivity contribution in [2.75, 3.05) is 32.9 Å². The normalized spacial score (nSPS) is 18.2. The highest BCUT2D eigenvalue weighted by Gasteiger charge is 2.42. The highest BCUT2D eigenvalue weighted by atomic mass is 35.5. The van der Waals surface area contributed by atoms with Gasteiger partial charge in [-0.05, 0) is 29.7 Å². The Kier molecular flexibility index (Phi) is 7.65. The smallest absolute Gasteiger partial charge is 0.211 e. The van der Waals surface area contributed by atoms with E-state index < -0.39 is 15.6 Å². The van der Waals surface area contributed by atoms with Crippen LogP contribution >= 0.6 is 12.4 Å². The van der Waals surface area contributed by atoms with Gasteiger partial charge < -0.3 is 9.64 Å². The second-order valence-corrected chi connectivity index (χ2v) is 10.9. The van der Waals surface area contributed by atoms with Gasteiger partial charge in [0, 0.05) is 46.1 Å². The maximum absolute atomic E-state index is 13.0. The van der Waals surface area contributed by atoms with Crippen molar-refractivity contribution in [2.24, 2.45) is 0 Å². The lowest BCUT2D eigenvalue weighted by Gasteiger charge is -2.44. The van der Waals surface area contributed by atoms with Crippen molar-refractivity contribution >= 4 is 28.2 Å². The lowest BCUT2D eigenvalue weighted by atomic mass is 9.82. The van der Waals surface area contributed by atoms with E-state index >= 15 is 0 Å². The van der Waals surface area contributed by atoms with Crippen molar-refractivity contribution < 1.29 is 17.9 Å². The number of hydrogen-bond donors (Lipinski definition) is 0. The quantitative estimate of drug-likeness (QED) is 0.635. The van der Waals surface area contributed by atoms with Gasteiger partial charge in [-0.15, -0.1) is 12.4 Å². The van der Waals surface area contributed by atoms with Crippen LogP contribution in [0.1, 0.15) is 40.7 Å². The van der Waals surface area contributed by atoms with E-state index in [4.69, 9.17) is 4.74 Å². The third kappa shape index (κ3) is 5.70. The molecule has 1 fully saturated rings. The number of piperidine rings is 1. The highest BCUT2D eigenvalue weighted by Crippen LogP contribution is 2.39. The summed E-state index contributed by atoms with van der Waals surface area (Å²) in [7, 11) is -1.74. The fourth-order valence-corrected chi connectivity index (χ4v) is 4.79. The van der Waals surface area contributed by atoms with Crippen molar-refractivity contribution in [1.29, 1.82) is 0 Å².